The van der Waals surface area contributed by atoms with Crippen molar-refractivity contribution in [2.75, 3.05) is 12.9 Å². The van der Waals surface area contributed by atoms with Crippen molar-refractivity contribution in [2.24, 2.45) is 5.10 Å². The van der Waals surface area contributed by atoms with Gasteiger partial charge in [0.2, 0.25) is 5.91 Å². The molecule has 0 saturated carbocycles. The van der Waals surface area contributed by atoms with Crippen LogP contribution in [0.3, 0.4) is 0 Å². The van der Waals surface area contributed by atoms with E-state index in [9.17, 15) is 14.9 Å². The minimum absolute atomic E-state index is 0.0172. The maximum Gasteiger partial charge on any atom is 0.269 e. The summed E-state index contributed by atoms with van der Waals surface area (Å²) in [6, 6.07) is 17.6. The van der Waals surface area contributed by atoms with Gasteiger partial charge in [-0.05, 0) is 55.5 Å². The highest BCUT2D eigenvalue weighted by atomic mass is 32.2. The van der Waals surface area contributed by atoms with Crippen molar-refractivity contribution in [3.8, 4) is 11.4 Å². The van der Waals surface area contributed by atoms with Crippen LogP contribution in [0.1, 0.15) is 11.4 Å². The number of methoxy groups -OCH3 is 1. The Morgan fingerprint density at radius 3 is 2.50 bits per heavy atom. The van der Waals surface area contributed by atoms with Crippen LogP contribution in [0.5, 0.6) is 5.75 Å². The molecule has 30 heavy (non-hydrogen) atoms. The van der Waals surface area contributed by atoms with Gasteiger partial charge in [-0.15, -0.1) is 11.8 Å². The second-order valence-electron chi connectivity index (χ2n) is 6.27. The third-order valence-electron chi connectivity index (χ3n) is 4.24. The summed E-state index contributed by atoms with van der Waals surface area (Å²) in [5.41, 5.74) is 5.33. The molecule has 1 amide bonds. The number of aromatic nitrogens is 1. The van der Waals surface area contributed by atoms with E-state index in [1.807, 2.05) is 47.9 Å². The van der Waals surface area contributed by atoms with Crippen LogP contribution in [0.15, 0.2) is 70.7 Å². The minimum Gasteiger partial charge on any atom is -0.497 e. The topological polar surface area (TPSA) is 98.8 Å². The number of hydrazone groups is 1. The number of amides is 1. The van der Waals surface area contributed by atoms with E-state index < -0.39 is 4.92 Å². The predicted octanol–water partition coefficient (Wildman–Crippen LogP) is 3.94. The fourth-order valence-corrected chi connectivity index (χ4v) is 3.45. The maximum absolute atomic E-state index is 12.0. The highest BCUT2D eigenvalue weighted by molar-refractivity contribution is 8.00. The van der Waals surface area contributed by atoms with Crippen LogP contribution in [0.2, 0.25) is 0 Å². The van der Waals surface area contributed by atoms with Crippen LogP contribution in [0.4, 0.5) is 5.69 Å². The number of benzene rings is 2. The molecule has 1 heterocycles. The summed E-state index contributed by atoms with van der Waals surface area (Å²) in [5.74, 6) is 0.652. The molecule has 9 heteroatoms. The van der Waals surface area contributed by atoms with Crippen molar-refractivity contribution in [1.82, 2.24) is 9.99 Å². The number of rotatable bonds is 8. The second kappa shape index (κ2) is 9.75. The molecule has 0 fully saturated rings. The molecule has 0 spiro atoms. The van der Waals surface area contributed by atoms with E-state index >= 15 is 0 Å². The van der Waals surface area contributed by atoms with Gasteiger partial charge < -0.3 is 9.30 Å². The van der Waals surface area contributed by atoms with Crippen LogP contribution < -0.4 is 10.2 Å². The van der Waals surface area contributed by atoms with Gasteiger partial charge in [-0.1, -0.05) is 0 Å². The molecule has 3 rings (SSSR count). The van der Waals surface area contributed by atoms with E-state index in [0.717, 1.165) is 27.7 Å². The third-order valence-corrected chi connectivity index (χ3v) is 5.25. The van der Waals surface area contributed by atoms with Gasteiger partial charge in [0.05, 0.1) is 29.7 Å². The summed E-state index contributed by atoms with van der Waals surface area (Å²) in [4.78, 5) is 23.0. The van der Waals surface area contributed by atoms with Gasteiger partial charge >= 0.3 is 0 Å². The SMILES string of the molecule is COc1ccc(-n2c(C)ccc2/C=N/NC(=O)CSc2ccc([N+](=O)[O-])cc2)cc1. The Kier molecular flexibility index (Phi) is 6.87. The van der Waals surface area contributed by atoms with Gasteiger partial charge in [-0.2, -0.15) is 5.10 Å². The number of carbonyl (C=O) groups excluding carboxylic acids is 1. The highest BCUT2D eigenvalue weighted by Crippen LogP contribution is 2.21. The fourth-order valence-electron chi connectivity index (χ4n) is 2.76. The Hall–Kier alpha value is -3.59. The first kappa shape index (κ1) is 21.1. The Labute approximate surface area is 177 Å². The Bertz CT molecular complexity index is 1060. The molecule has 0 saturated heterocycles. The first-order valence-corrected chi connectivity index (χ1v) is 9.98. The van der Waals surface area contributed by atoms with Gasteiger partial charge in [-0.3, -0.25) is 14.9 Å². The van der Waals surface area contributed by atoms with Crippen molar-refractivity contribution < 1.29 is 14.5 Å². The summed E-state index contributed by atoms with van der Waals surface area (Å²) in [7, 11) is 1.62. The number of hydrogen-bond acceptors (Lipinski definition) is 6. The molecule has 0 bridgehead atoms. The molecule has 0 aliphatic carbocycles. The number of hydrogen-bond donors (Lipinski definition) is 1. The van der Waals surface area contributed by atoms with Gasteiger partial charge in [-0.25, -0.2) is 5.43 Å². The quantitative estimate of drug-likeness (QED) is 0.256. The fraction of sp³-hybridized carbons (Fsp3) is 0.143. The molecule has 1 N–H and O–H groups in total. The van der Waals surface area contributed by atoms with Crippen molar-refractivity contribution >= 4 is 29.6 Å². The zero-order chi connectivity index (χ0) is 21.5. The summed E-state index contributed by atoms with van der Waals surface area (Å²) >= 11 is 1.28. The molecule has 0 aliphatic heterocycles. The Morgan fingerprint density at radius 2 is 1.87 bits per heavy atom. The third kappa shape index (κ3) is 5.26. The van der Waals surface area contributed by atoms with Crippen LogP contribution in [0.25, 0.3) is 5.69 Å². The molecule has 0 aliphatic rings. The van der Waals surface area contributed by atoms with Gasteiger partial charge in [0.25, 0.3) is 5.69 Å². The van der Waals surface area contributed by atoms with E-state index in [1.165, 1.54) is 23.9 Å². The van der Waals surface area contributed by atoms with Gasteiger partial charge in [0, 0.05) is 28.4 Å². The molecule has 3 aromatic rings. The predicted molar refractivity (Wildman–Crippen MR) is 117 cm³/mol. The van der Waals surface area contributed by atoms with Crippen molar-refractivity contribution in [2.45, 2.75) is 11.8 Å². The second-order valence-corrected chi connectivity index (χ2v) is 7.31. The zero-order valence-corrected chi connectivity index (χ0v) is 17.3. The summed E-state index contributed by atoms with van der Waals surface area (Å²) in [6.07, 6.45) is 1.59. The van der Waals surface area contributed by atoms with E-state index in [4.69, 9.17) is 4.74 Å². The van der Waals surface area contributed by atoms with Crippen molar-refractivity contribution in [3.05, 3.63) is 82.2 Å². The monoisotopic (exact) mass is 424 g/mol. The largest absolute Gasteiger partial charge is 0.497 e. The average Bonchev–Trinajstić information content (AvgIpc) is 3.12. The average molecular weight is 424 g/mol. The van der Waals surface area contributed by atoms with Crippen LogP contribution in [-0.2, 0) is 4.79 Å². The van der Waals surface area contributed by atoms with E-state index in [2.05, 4.69) is 10.5 Å². The number of nitro benzene ring substituents is 1. The molecule has 1 aromatic heterocycles. The Balaban J connectivity index is 1.58. The lowest BCUT2D eigenvalue weighted by Crippen LogP contribution is -2.19. The normalized spacial score (nSPS) is 10.9. The number of non-ortho nitro benzene ring substituents is 1. The number of nitro groups is 1. The molecule has 8 nitrogen and oxygen atoms in total. The first-order valence-electron chi connectivity index (χ1n) is 9.00. The van der Waals surface area contributed by atoms with Crippen LogP contribution >= 0.6 is 11.8 Å². The molecule has 0 atom stereocenters. The molecular weight excluding hydrogens is 404 g/mol. The Morgan fingerprint density at radius 1 is 1.17 bits per heavy atom. The van der Waals surface area contributed by atoms with Crippen LogP contribution in [-0.4, -0.2) is 34.5 Å². The van der Waals surface area contributed by atoms with Gasteiger partial charge in [0.1, 0.15) is 5.75 Å². The molecule has 0 unspecified atom stereocenters. The number of nitrogens with one attached hydrogen (secondary N) is 1. The number of nitrogens with zero attached hydrogens (tertiary/aromatic N) is 3. The van der Waals surface area contributed by atoms with Crippen LogP contribution in [0, 0.1) is 17.0 Å². The lowest BCUT2D eigenvalue weighted by atomic mass is 10.3. The number of ether oxygens (including phenoxy) is 1. The van der Waals surface area contributed by atoms with E-state index in [1.54, 1.807) is 25.5 Å². The molecule has 154 valence electrons. The van der Waals surface area contributed by atoms with E-state index in [0.29, 0.717) is 0 Å². The molecule has 0 radical (unpaired) electrons. The first-order chi connectivity index (χ1) is 14.5. The summed E-state index contributed by atoms with van der Waals surface area (Å²) in [5, 5.41) is 14.7. The van der Waals surface area contributed by atoms with Crippen molar-refractivity contribution in [3.63, 3.8) is 0 Å². The molecular formula is C21H20N4O4S. The summed E-state index contributed by atoms with van der Waals surface area (Å²) < 4.78 is 7.21. The van der Waals surface area contributed by atoms with Crippen molar-refractivity contribution in [1.29, 1.82) is 0 Å². The zero-order valence-electron chi connectivity index (χ0n) is 16.4. The minimum atomic E-state index is -0.459. The lowest BCUT2D eigenvalue weighted by molar-refractivity contribution is -0.384. The lowest BCUT2D eigenvalue weighted by Gasteiger charge is -2.10. The highest BCUT2D eigenvalue weighted by Gasteiger charge is 2.08. The van der Waals surface area contributed by atoms with E-state index in [-0.39, 0.29) is 17.3 Å². The molecule has 2 aromatic carbocycles. The smallest absolute Gasteiger partial charge is 0.269 e. The number of thioether (sulfide) groups is 1. The number of aryl methyl sites for hydroxylation is 1. The maximum atomic E-state index is 12.0. The van der Waals surface area contributed by atoms with Gasteiger partial charge in [0.15, 0.2) is 0 Å². The standard InChI is InChI=1S/C21H20N4O4S/c1-15-3-4-18(24(15)16-5-9-19(29-2)10-6-16)13-22-23-21(26)14-30-20-11-7-17(8-12-20)25(27)28/h3-13H,14H2,1-2H3,(H,23,26)/b22-13+. The summed E-state index contributed by atoms with van der Waals surface area (Å²) in [6.45, 7) is 1.99. The number of carbonyl (C=O) groups is 1.